The molecule has 18 heavy (non-hydrogen) atoms. The van der Waals surface area contributed by atoms with Crippen molar-refractivity contribution in [2.45, 2.75) is 32.3 Å². The third kappa shape index (κ3) is 6.33. The molecule has 0 aromatic rings. The maximum Gasteiger partial charge on any atom is 0.308 e. The van der Waals surface area contributed by atoms with Crippen molar-refractivity contribution in [1.82, 2.24) is 4.90 Å². The fourth-order valence-electron chi connectivity index (χ4n) is 2.30. The molecule has 0 bridgehead atoms. The molecule has 5 nitrogen and oxygen atoms in total. The number of aliphatic hydroxyl groups is 1. The Morgan fingerprint density at radius 1 is 1.61 bits per heavy atom. The lowest BCUT2D eigenvalue weighted by Crippen LogP contribution is -2.36. The molecule has 1 saturated heterocycles. The second kappa shape index (κ2) is 8.45. The first-order valence-corrected chi connectivity index (χ1v) is 6.71. The molecule has 0 amide bonds. The van der Waals surface area contributed by atoms with Crippen molar-refractivity contribution in [2.75, 3.05) is 40.0 Å². The van der Waals surface area contributed by atoms with Crippen LogP contribution >= 0.6 is 0 Å². The van der Waals surface area contributed by atoms with Gasteiger partial charge in [0.25, 0.3) is 0 Å². The predicted molar refractivity (Wildman–Crippen MR) is 68.3 cm³/mol. The van der Waals surface area contributed by atoms with Crippen molar-refractivity contribution in [3.05, 3.63) is 0 Å². The summed E-state index contributed by atoms with van der Waals surface area (Å²) in [6.45, 7) is 5.19. The van der Waals surface area contributed by atoms with Crippen LogP contribution in [0.25, 0.3) is 0 Å². The molecule has 1 aliphatic rings. The van der Waals surface area contributed by atoms with E-state index in [2.05, 4.69) is 4.90 Å². The molecule has 1 fully saturated rings. The molecule has 1 heterocycles. The summed E-state index contributed by atoms with van der Waals surface area (Å²) in [7, 11) is 1.96. The third-order valence-corrected chi connectivity index (χ3v) is 3.05. The molecular weight excluding hydrogens is 234 g/mol. The van der Waals surface area contributed by atoms with Crippen molar-refractivity contribution in [2.24, 2.45) is 5.92 Å². The Bertz CT molecular complexity index is 241. The highest BCUT2D eigenvalue weighted by Crippen LogP contribution is 2.14. The van der Waals surface area contributed by atoms with E-state index in [9.17, 15) is 9.90 Å². The number of likely N-dealkylation sites (N-methyl/N-ethyl adjacent to an activating group) is 1. The molecule has 0 aliphatic carbocycles. The quantitative estimate of drug-likeness (QED) is 0.681. The number of rotatable bonds is 7. The number of ether oxygens (including phenoxy) is 2. The summed E-state index contributed by atoms with van der Waals surface area (Å²) < 4.78 is 10.2. The summed E-state index contributed by atoms with van der Waals surface area (Å²) in [6, 6.07) is 0. The van der Waals surface area contributed by atoms with Gasteiger partial charge in [-0.1, -0.05) is 0 Å². The van der Waals surface area contributed by atoms with Crippen LogP contribution in [-0.4, -0.2) is 62.0 Å². The number of aliphatic hydroxyl groups excluding tert-OH is 1. The number of carbonyl (C=O) groups is 1. The molecule has 5 heteroatoms. The van der Waals surface area contributed by atoms with Crippen LogP contribution in [-0.2, 0) is 14.3 Å². The van der Waals surface area contributed by atoms with E-state index in [4.69, 9.17) is 9.47 Å². The Balaban J connectivity index is 2.17. The number of hydrogen-bond donors (Lipinski definition) is 1. The first-order chi connectivity index (χ1) is 8.61. The van der Waals surface area contributed by atoms with Gasteiger partial charge in [0.2, 0.25) is 0 Å². The van der Waals surface area contributed by atoms with Crippen molar-refractivity contribution in [3.63, 3.8) is 0 Å². The zero-order valence-corrected chi connectivity index (χ0v) is 11.4. The SMILES string of the molecule is CCOC(=O)CC(O)CN(C)CC1CCCOC1. The molecule has 2 unspecified atom stereocenters. The van der Waals surface area contributed by atoms with Crippen LogP contribution in [0.3, 0.4) is 0 Å². The van der Waals surface area contributed by atoms with E-state index >= 15 is 0 Å². The standard InChI is InChI=1S/C13H25NO4/c1-3-18-13(16)7-12(15)9-14(2)8-11-5-4-6-17-10-11/h11-12,15H,3-10H2,1-2H3. The first-order valence-electron chi connectivity index (χ1n) is 6.71. The monoisotopic (exact) mass is 259 g/mol. The largest absolute Gasteiger partial charge is 0.466 e. The van der Waals surface area contributed by atoms with Crippen molar-refractivity contribution < 1.29 is 19.4 Å². The average Bonchev–Trinajstić information content (AvgIpc) is 2.29. The van der Waals surface area contributed by atoms with Crippen LogP contribution in [0.4, 0.5) is 0 Å². The van der Waals surface area contributed by atoms with Crippen LogP contribution in [0.5, 0.6) is 0 Å². The normalized spacial score (nSPS) is 21.9. The average molecular weight is 259 g/mol. The van der Waals surface area contributed by atoms with E-state index in [0.29, 0.717) is 19.1 Å². The first kappa shape index (κ1) is 15.4. The van der Waals surface area contributed by atoms with Crippen LogP contribution in [0, 0.1) is 5.92 Å². The Labute approximate surface area is 109 Å². The second-order valence-corrected chi connectivity index (χ2v) is 4.97. The Morgan fingerprint density at radius 3 is 3.00 bits per heavy atom. The van der Waals surface area contributed by atoms with E-state index in [0.717, 1.165) is 26.2 Å². The zero-order valence-electron chi connectivity index (χ0n) is 11.4. The summed E-state index contributed by atoms with van der Waals surface area (Å²) >= 11 is 0. The number of esters is 1. The van der Waals surface area contributed by atoms with Crippen molar-refractivity contribution in [1.29, 1.82) is 0 Å². The van der Waals surface area contributed by atoms with Gasteiger partial charge in [-0.15, -0.1) is 0 Å². The maximum absolute atomic E-state index is 11.2. The lowest BCUT2D eigenvalue weighted by Gasteiger charge is -2.28. The van der Waals surface area contributed by atoms with Crippen LogP contribution in [0.15, 0.2) is 0 Å². The van der Waals surface area contributed by atoms with Gasteiger partial charge in [0.1, 0.15) is 0 Å². The minimum atomic E-state index is -0.654. The van der Waals surface area contributed by atoms with E-state index in [-0.39, 0.29) is 12.4 Å². The lowest BCUT2D eigenvalue weighted by molar-refractivity contribution is -0.145. The second-order valence-electron chi connectivity index (χ2n) is 4.97. The zero-order chi connectivity index (χ0) is 13.4. The molecule has 0 spiro atoms. The Morgan fingerprint density at radius 2 is 2.39 bits per heavy atom. The molecule has 106 valence electrons. The molecule has 0 aromatic heterocycles. The Kier molecular flexibility index (Phi) is 7.23. The minimum Gasteiger partial charge on any atom is -0.466 e. The fraction of sp³-hybridized carbons (Fsp3) is 0.923. The van der Waals surface area contributed by atoms with E-state index in [1.54, 1.807) is 6.92 Å². The molecule has 1 rings (SSSR count). The molecule has 1 aliphatic heterocycles. The molecule has 0 aromatic carbocycles. The summed E-state index contributed by atoms with van der Waals surface area (Å²) in [5.41, 5.74) is 0. The Hall–Kier alpha value is -0.650. The summed E-state index contributed by atoms with van der Waals surface area (Å²) in [6.07, 6.45) is 1.71. The van der Waals surface area contributed by atoms with Crippen LogP contribution in [0.2, 0.25) is 0 Å². The molecule has 0 saturated carbocycles. The third-order valence-electron chi connectivity index (χ3n) is 3.05. The fourth-order valence-corrected chi connectivity index (χ4v) is 2.30. The maximum atomic E-state index is 11.2. The van der Waals surface area contributed by atoms with Gasteiger partial charge in [-0.25, -0.2) is 0 Å². The smallest absolute Gasteiger partial charge is 0.308 e. The van der Waals surface area contributed by atoms with Gasteiger partial charge >= 0.3 is 5.97 Å². The van der Waals surface area contributed by atoms with Crippen LogP contribution < -0.4 is 0 Å². The molecule has 0 radical (unpaired) electrons. The van der Waals surface area contributed by atoms with Gasteiger partial charge in [-0.3, -0.25) is 4.79 Å². The van der Waals surface area contributed by atoms with Gasteiger partial charge < -0.3 is 19.5 Å². The summed E-state index contributed by atoms with van der Waals surface area (Å²) in [5.74, 6) is 0.206. The summed E-state index contributed by atoms with van der Waals surface area (Å²) in [4.78, 5) is 13.3. The van der Waals surface area contributed by atoms with E-state index < -0.39 is 6.10 Å². The highest BCUT2D eigenvalue weighted by Gasteiger charge is 2.18. The van der Waals surface area contributed by atoms with Crippen molar-refractivity contribution >= 4 is 5.97 Å². The van der Waals surface area contributed by atoms with Crippen LogP contribution in [0.1, 0.15) is 26.2 Å². The molecule has 1 N–H and O–H groups in total. The van der Waals surface area contributed by atoms with Gasteiger partial charge in [-0.2, -0.15) is 0 Å². The predicted octanol–water partition coefficient (Wildman–Crippen LogP) is 0.659. The number of nitrogens with zero attached hydrogens (tertiary/aromatic N) is 1. The van der Waals surface area contributed by atoms with Gasteiger partial charge in [0.15, 0.2) is 0 Å². The minimum absolute atomic E-state index is 0.0688. The number of carbonyl (C=O) groups excluding carboxylic acids is 1. The van der Waals surface area contributed by atoms with Gasteiger partial charge in [-0.05, 0) is 32.7 Å². The van der Waals surface area contributed by atoms with E-state index in [1.807, 2.05) is 7.05 Å². The molecular formula is C13H25NO4. The lowest BCUT2D eigenvalue weighted by atomic mass is 10.0. The highest BCUT2D eigenvalue weighted by molar-refractivity contribution is 5.69. The highest BCUT2D eigenvalue weighted by atomic mass is 16.5. The topological polar surface area (TPSA) is 59.0 Å². The van der Waals surface area contributed by atoms with E-state index in [1.165, 1.54) is 6.42 Å². The number of hydrogen-bond acceptors (Lipinski definition) is 5. The summed E-state index contributed by atoms with van der Waals surface area (Å²) in [5, 5.41) is 9.77. The van der Waals surface area contributed by atoms with Crippen molar-refractivity contribution in [3.8, 4) is 0 Å². The van der Waals surface area contributed by atoms with Gasteiger partial charge in [0, 0.05) is 19.7 Å². The van der Waals surface area contributed by atoms with Gasteiger partial charge in [0.05, 0.1) is 25.7 Å². The molecule has 2 atom stereocenters.